The number of benzene rings is 5. The average molecular weight is 1460 g/mol. The first-order valence-corrected chi connectivity index (χ1v) is 32.9. The van der Waals surface area contributed by atoms with Gasteiger partial charge < -0.3 is 133 Å². The Morgan fingerprint density at radius 2 is 1.32 bits per heavy atom. The Balaban J connectivity index is 1.24. The molecule has 5 aromatic rings. The SMILES string of the molecule is CC(C)CC(C(=O)NC1C(=O)NC(CC(N)=O)C(=O)NC2C(=O)NC3C(=O)NC(C(=O)NC(C(=O)[O-])c4cc(O)cc(O)c4-c4cc3ccc4O)C(O)c3ccc(c(Cl)c3)Oc3cc2cc(c3OC2OC(CO)C(O)C(O)C2OC2CC(C)(N)C(O)C(C)O2)Oc2ccc(cc2Cl)C1O)[NH+](C)C. The predicted octanol–water partition coefficient (Wildman–Crippen LogP) is -2.30. The topological polar surface area (TPSA) is 526 Å². The fourth-order valence-corrected chi connectivity index (χ4v) is 13.2. The lowest BCUT2D eigenvalue weighted by Gasteiger charge is -2.47. The zero-order valence-electron chi connectivity index (χ0n) is 55.3. The van der Waals surface area contributed by atoms with Crippen LogP contribution in [0.1, 0.15) is 105 Å². The van der Waals surface area contributed by atoms with Crippen LogP contribution in [0.5, 0.6) is 46.0 Å². The van der Waals surface area contributed by atoms with E-state index in [4.69, 9.17) is 63.1 Å². The van der Waals surface area contributed by atoms with Gasteiger partial charge in [-0.05, 0) is 102 Å². The van der Waals surface area contributed by atoms with Crippen molar-refractivity contribution in [2.24, 2.45) is 17.4 Å². The van der Waals surface area contributed by atoms with Crippen LogP contribution in [0.15, 0.2) is 78.9 Å². The third-order valence-electron chi connectivity index (χ3n) is 18.1. The van der Waals surface area contributed by atoms with Crippen molar-refractivity contribution >= 4 is 70.5 Å². The van der Waals surface area contributed by atoms with Crippen LogP contribution >= 0.6 is 23.2 Å². The number of aliphatic carboxylic acids is 1. The number of fused-ring (bicyclic) bond motifs is 15. The Morgan fingerprint density at radius 3 is 1.90 bits per heavy atom. The summed E-state index contributed by atoms with van der Waals surface area (Å²) in [5.74, 6) is -16.3. The van der Waals surface area contributed by atoms with Gasteiger partial charge in [-0.15, -0.1) is 0 Å². The Kier molecular flexibility index (Phi) is 22.5. The van der Waals surface area contributed by atoms with E-state index in [9.17, 15) is 75.0 Å². The second-order valence-electron chi connectivity index (χ2n) is 26.5. The van der Waals surface area contributed by atoms with Crippen LogP contribution in [0.25, 0.3) is 11.1 Å². The number of phenolic OH excluding ortho intramolecular Hbond substituents is 3. The smallest absolute Gasteiger partial charge is 0.279 e. The van der Waals surface area contributed by atoms with Gasteiger partial charge in [0, 0.05) is 35.6 Å². The molecule has 5 aromatic carbocycles. The summed E-state index contributed by atoms with van der Waals surface area (Å²) < 4.78 is 38.3. The second kappa shape index (κ2) is 30.4. The summed E-state index contributed by atoms with van der Waals surface area (Å²) in [7, 11) is 3.36. The number of hydrogen-bond acceptors (Lipinski definition) is 25. The Bertz CT molecular complexity index is 4110. The van der Waals surface area contributed by atoms with Crippen LogP contribution in [0, 0.1) is 5.92 Å². The number of aromatic hydroxyl groups is 3. The van der Waals surface area contributed by atoms with Crippen molar-refractivity contribution < 1.29 is 123 Å². The fourth-order valence-electron chi connectivity index (χ4n) is 12.7. The van der Waals surface area contributed by atoms with E-state index in [2.05, 4.69) is 31.9 Å². The molecule has 18 unspecified atom stereocenters. The van der Waals surface area contributed by atoms with E-state index < -0.39 is 237 Å². The summed E-state index contributed by atoms with van der Waals surface area (Å²) in [6.07, 6.45) is -18.5. The number of ether oxygens (including phenoxy) is 6. The maximum absolute atomic E-state index is 16.0. The van der Waals surface area contributed by atoms with E-state index in [1.54, 1.807) is 14.1 Å². The molecule has 548 valence electrons. The second-order valence-corrected chi connectivity index (χ2v) is 27.3. The molecule has 0 aliphatic carbocycles. The Labute approximate surface area is 590 Å². The van der Waals surface area contributed by atoms with E-state index in [0.29, 0.717) is 4.90 Å². The normalized spacial score (nSPS) is 29.3. The van der Waals surface area contributed by atoms with E-state index in [-0.39, 0.29) is 46.2 Å². The molecular formula is C67H77Cl2N9O24. The Morgan fingerprint density at radius 1 is 0.725 bits per heavy atom. The van der Waals surface area contributed by atoms with Crippen molar-refractivity contribution in [3.8, 4) is 57.1 Å². The molecule has 20 N–H and O–H groups in total. The Hall–Kier alpha value is -9.20. The van der Waals surface area contributed by atoms with E-state index >= 15 is 14.4 Å². The van der Waals surface area contributed by atoms with Gasteiger partial charge in [-0.3, -0.25) is 33.6 Å². The number of carboxylic acids is 1. The number of likely N-dealkylation sites (N-methyl/N-ethyl adjacent to an activating group) is 1. The van der Waals surface area contributed by atoms with Crippen molar-refractivity contribution in [3.05, 3.63) is 117 Å². The number of carbonyl (C=O) groups is 8. The highest BCUT2D eigenvalue weighted by Crippen LogP contribution is 2.50. The molecule has 7 amide bonds. The van der Waals surface area contributed by atoms with Gasteiger partial charge in [0.2, 0.25) is 47.5 Å². The number of hydrogen-bond donors (Lipinski definition) is 18. The molecule has 35 heteroatoms. The number of nitrogens with two attached hydrogens (primary N) is 2. The number of carboxylic acid groups (broad SMARTS) is 1. The minimum atomic E-state index is -2.36. The quantitative estimate of drug-likeness (QED) is 0.0589. The van der Waals surface area contributed by atoms with Gasteiger partial charge in [0.05, 0.1) is 61.4 Å². The molecule has 7 aliphatic rings. The number of aliphatic hydroxyl groups excluding tert-OH is 6. The third kappa shape index (κ3) is 15.9. The molecular weight excluding hydrogens is 1390 g/mol. The van der Waals surface area contributed by atoms with Crippen molar-refractivity contribution in [2.75, 3.05) is 20.7 Å². The zero-order valence-corrected chi connectivity index (χ0v) is 56.8. The summed E-state index contributed by atoms with van der Waals surface area (Å²) >= 11 is 14.1. The zero-order chi connectivity index (χ0) is 74.4. The number of halogens is 2. The largest absolute Gasteiger partial charge is 0.548 e. The maximum Gasteiger partial charge on any atom is 0.279 e. The number of carbonyl (C=O) groups excluding carboxylic acids is 8. The van der Waals surface area contributed by atoms with Gasteiger partial charge in [0.1, 0.15) is 89.5 Å². The third-order valence-corrected chi connectivity index (χ3v) is 18.7. The van der Waals surface area contributed by atoms with Crippen LogP contribution in [-0.2, 0) is 52.6 Å². The summed E-state index contributed by atoms with van der Waals surface area (Å²) in [5.41, 5.74) is 7.88. The summed E-state index contributed by atoms with van der Waals surface area (Å²) in [6, 6.07) is -0.782. The molecule has 2 saturated heterocycles. The van der Waals surface area contributed by atoms with Gasteiger partial charge in [0.25, 0.3) is 5.91 Å². The monoisotopic (exact) mass is 1460 g/mol. The molecule has 12 rings (SSSR count). The van der Waals surface area contributed by atoms with E-state index in [1.807, 2.05) is 13.8 Å². The standard InChI is InChI=1S/C67H77Cl2N9O24/c1-24(2)13-36(78(5)6)60(90)76-50-52(84)27-8-11-39(33(68)15-27)98-41-17-29-18-42(56(41)102-66-57(55(87)54(86)43(23-79)100-66)101-45-22-67(4,71)58(88)25(3)97-45)99-40-12-9-28(16-34(40)69)53(85)51-64(94)75-49(65(95)96)32-19-30(80)20-38(82)46(32)31-14-26(7-10-37(31)81)47(61(91)77-51)74-62(92)48(29)73-59(89)35(21-44(70)83)72-63(50)93/h7-12,14-20,24-25,35-36,43,45,47-55,57-58,66,79-82,84-88H,13,21-23,71H2,1-6H3,(H2,70,83)(H,72,93)(H,73,89)(H,74,92)(H,75,94)(H,76,90)(H,77,91)(H,95,96). The lowest BCUT2D eigenvalue weighted by atomic mass is 9.86. The van der Waals surface area contributed by atoms with Crippen LogP contribution in [-0.4, -0.2) is 193 Å². The fraction of sp³-hybridized carbons (Fsp3) is 0.433. The number of aliphatic hydroxyl groups is 6. The predicted molar refractivity (Wildman–Crippen MR) is 350 cm³/mol. The number of quaternary nitrogens is 1. The molecule has 7 heterocycles. The number of phenols is 3. The molecule has 102 heavy (non-hydrogen) atoms. The highest BCUT2D eigenvalue weighted by molar-refractivity contribution is 6.32. The first kappa shape index (κ1) is 75.5. The van der Waals surface area contributed by atoms with Crippen molar-refractivity contribution in [1.29, 1.82) is 0 Å². The molecule has 0 spiro atoms. The molecule has 2 fully saturated rings. The van der Waals surface area contributed by atoms with E-state index in [1.165, 1.54) is 26.0 Å². The van der Waals surface area contributed by atoms with Crippen molar-refractivity contribution in [3.63, 3.8) is 0 Å². The van der Waals surface area contributed by atoms with Gasteiger partial charge in [-0.2, -0.15) is 0 Å². The molecule has 0 aromatic heterocycles. The molecule has 0 radical (unpaired) electrons. The van der Waals surface area contributed by atoms with Crippen LogP contribution in [0.4, 0.5) is 0 Å². The lowest BCUT2D eigenvalue weighted by Crippen LogP contribution is -3.11. The minimum Gasteiger partial charge on any atom is -0.548 e. The van der Waals surface area contributed by atoms with Gasteiger partial charge >= 0.3 is 0 Å². The number of amides is 7. The lowest BCUT2D eigenvalue weighted by molar-refractivity contribution is -0.876. The van der Waals surface area contributed by atoms with Crippen molar-refractivity contribution in [1.82, 2.24) is 31.9 Å². The molecule has 11 bridgehead atoms. The summed E-state index contributed by atoms with van der Waals surface area (Å²) in [5, 5.41) is 130. The van der Waals surface area contributed by atoms with E-state index in [0.717, 1.165) is 66.7 Å². The summed E-state index contributed by atoms with van der Waals surface area (Å²) in [6.45, 7) is 5.72. The van der Waals surface area contributed by atoms with Gasteiger partial charge in [-0.1, -0.05) is 55.2 Å². The highest BCUT2D eigenvalue weighted by Gasteiger charge is 2.51. The minimum absolute atomic E-state index is 0.0740. The molecule has 33 nitrogen and oxygen atoms in total. The van der Waals surface area contributed by atoms with Crippen LogP contribution in [0.3, 0.4) is 0 Å². The summed E-state index contributed by atoms with van der Waals surface area (Å²) in [4.78, 5) is 118. The first-order chi connectivity index (χ1) is 48.0. The molecule has 7 aliphatic heterocycles. The number of primary amides is 1. The van der Waals surface area contributed by atoms with Crippen LogP contribution in [0.2, 0.25) is 10.0 Å². The first-order valence-electron chi connectivity index (χ1n) is 32.1. The molecule has 0 saturated carbocycles. The molecule has 18 atom stereocenters. The average Bonchev–Trinajstić information content (AvgIpc) is 0.770. The van der Waals surface area contributed by atoms with Gasteiger partial charge in [0.15, 0.2) is 29.9 Å². The maximum atomic E-state index is 16.0. The number of nitrogens with one attached hydrogen (secondary N) is 7. The van der Waals surface area contributed by atoms with Crippen molar-refractivity contribution in [2.45, 2.75) is 156 Å². The van der Waals surface area contributed by atoms with Crippen LogP contribution < -0.4 is 67.6 Å². The number of rotatable bonds is 13. The highest BCUT2D eigenvalue weighted by atomic mass is 35.5. The van der Waals surface area contributed by atoms with Gasteiger partial charge in [-0.25, -0.2) is 0 Å².